The Hall–Kier alpha value is -0.830. The van der Waals surface area contributed by atoms with E-state index in [-0.39, 0.29) is 39.8 Å². The summed E-state index contributed by atoms with van der Waals surface area (Å²) in [4.78, 5) is 11.9. The largest absolute Gasteiger partial charge is 0.462 e. The van der Waals surface area contributed by atoms with Gasteiger partial charge in [-0.25, -0.2) is 0 Å². The molecular formula is C32H52O3. The van der Waals surface area contributed by atoms with Crippen molar-refractivity contribution in [2.24, 2.45) is 50.2 Å². The van der Waals surface area contributed by atoms with Gasteiger partial charge in [0.05, 0.1) is 6.10 Å². The number of aliphatic hydroxyl groups is 1. The highest BCUT2D eigenvalue weighted by Gasteiger charge is 2.70. The van der Waals surface area contributed by atoms with Gasteiger partial charge in [-0.15, -0.1) is 0 Å². The zero-order valence-corrected chi connectivity index (χ0v) is 24.1. The zero-order valence-electron chi connectivity index (χ0n) is 24.1. The normalized spacial score (nSPS) is 52.2. The van der Waals surface area contributed by atoms with Gasteiger partial charge in [0.25, 0.3) is 0 Å². The molecule has 4 fully saturated rings. The van der Waals surface area contributed by atoms with Crippen LogP contribution in [0, 0.1) is 50.2 Å². The molecule has 0 aromatic heterocycles. The van der Waals surface area contributed by atoms with Gasteiger partial charge < -0.3 is 9.84 Å². The van der Waals surface area contributed by atoms with Crippen LogP contribution in [-0.2, 0) is 9.53 Å². The molecule has 0 aromatic rings. The lowest BCUT2D eigenvalue weighted by molar-refractivity contribution is -0.247. The molecule has 35 heavy (non-hydrogen) atoms. The lowest BCUT2D eigenvalue weighted by atomic mass is 9.33. The van der Waals surface area contributed by atoms with Gasteiger partial charge >= 0.3 is 5.97 Å². The van der Waals surface area contributed by atoms with Crippen LogP contribution in [0.3, 0.4) is 0 Å². The number of hydrogen-bond donors (Lipinski definition) is 1. The molecular weight excluding hydrogens is 432 g/mol. The maximum Gasteiger partial charge on any atom is 0.302 e. The van der Waals surface area contributed by atoms with Gasteiger partial charge in [-0.05, 0) is 97.2 Å². The number of esters is 1. The van der Waals surface area contributed by atoms with Gasteiger partial charge in [0, 0.05) is 17.8 Å². The second-order valence-corrected chi connectivity index (χ2v) is 15.9. The van der Waals surface area contributed by atoms with E-state index in [4.69, 9.17) is 4.74 Å². The van der Waals surface area contributed by atoms with E-state index in [0.29, 0.717) is 28.6 Å². The molecule has 0 aliphatic heterocycles. The molecule has 3 nitrogen and oxygen atoms in total. The van der Waals surface area contributed by atoms with Crippen molar-refractivity contribution in [3.63, 3.8) is 0 Å². The van der Waals surface area contributed by atoms with E-state index in [9.17, 15) is 9.90 Å². The Morgan fingerprint density at radius 1 is 0.943 bits per heavy atom. The van der Waals surface area contributed by atoms with Gasteiger partial charge in [-0.2, -0.15) is 0 Å². The second-order valence-electron chi connectivity index (χ2n) is 15.9. The average molecular weight is 485 g/mol. The molecule has 0 saturated heterocycles. The van der Waals surface area contributed by atoms with Gasteiger partial charge in [0.15, 0.2) is 0 Å². The third kappa shape index (κ3) is 3.34. The standard InChI is InChI=1S/C32H52O3/c1-20(33)35-26-12-13-30(7)23-11-10-21-22-19-27(2,3)14-15-29(22,6)16-17-31(21,8)32(23,9)25(34)18-24(30)28(26,4)5/h10,22-26,34H,11-19H2,1-9H3/t22-,23+,24-,25+,26-,29+,30+,31+,32-/m0/s1. The monoisotopic (exact) mass is 484 g/mol. The molecule has 4 saturated carbocycles. The number of aliphatic hydroxyl groups excluding tert-OH is 1. The molecule has 0 amide bonds. The fraction of sp³-hybridized carbons (Fsp3) is 0.906. The third-order valence-electron chi connectivity index (χ3n) is 13.4. The maximum absolute atomic E-state index is 12.1. The summed E-state index contributed by atoms with van der Waals surface area (Å²) in [7, 11) is 0. The molecule has 0 unspecified atom stereocenters. The van der Waals surface area contributed by atoms with Gasteiger partial charge in [0.2, 0.25) is 0 Å². The molecule has 9 atom stereocenters. The minimum Gasteiger partial charge on any atom is -0.462 e. The van der Waals surface area contributed by atoms with Crippen molar-refractivity contribution < 1.29 is 14.6 Å². The Balaban J connectivity index is 1.57. The van der Waals surface area contributed by atoms with Crippen LogP contribution < -0.4 is 0 Å². The first-order valence-electron chi connectivity index (χ1n) is 14.6. The van der Waals surface area contributed by atoms with Crippen LogP contribution in [0.25, 0.3) is 0 Å². The van der Waals surface area contributed by atoms with Crippen LogP contribution in [0.2, 0.25) is 0 Å². The molecule has 1 N–H and O–H groups in total. The predicted octanol–water partition coefficient (Wildman–Crippen LogP) is 7.71. The summed E-state index contributed by atoms with van der Waals surface area (Å²) >= 11 is 0. The number of carbonyl (C=O) groups excluding carboxylic acids is 1. The third-order valence-corrected chi connectivity index (χ3v) is 13.4. The van der Waals surface area contributed by atoms with Crippen molar-refractivity contribution in [3.8, 4) is 0 Å². The molecule has 3 heteroatoms. The fourth-order valence-electron chi connectivity index (χ4n) is 10.9. The van der Waals surface area contributed by atoms with Crippen molar-refractivity contribution in [3.05, 3.63) is 11.6 Å². The van der Waals surface area contributed by atoms with Crippen molar-refractivity contribution >= 4 is 5.97 Å². The van der Waals surface area contributed by atoms with E-state index in [1.54, 1.807) is 5.57 Å². The lowest BCUT2D eigenvalue weighted by Gasteiger charge is -2.72. The summed E-state index contributed by atoms with van der Waals surface area (Å²) in [6.45, 7) is 21.2. The van der Waals surface area contributed by atoms with Crippen molar-refractivity contribution in [1.82, 2.24) is 0 Å². The first kappa shape index (κ1) is 25.8. The number of hydrogen-bond acceptors (Lipinski definition) is 3. The molecule has 0 heterocycles. The Bertz CT molecular complexity index is 931. The van der Waals surface area contributed by atoms with E-state index in [2.05, 4.69) is 61.5 Å². The molecule has 5 aliphatic carbocycles. The summed E-state index contributed by atoms with van der Waals surface area (Å²) in [5.41, 5.74) is 2.47. The predicted molar refractivity (Wildman–Crippen MR) is 142 cm³/mol. The van der Waals surface area contributed by atoms with E-state index in [1.807, 2.05) is 0 Å². The molecule has 0 bridgehead atoms. The summed E-state index contributed by atoms with van der Waals surface area (Å²) in [6, 6.07) is 0. The van der Waals surface area contributed by atoms with Crippen LogP contribution in [-0.4, -0.2) is 23.3 Å². The van der Waals surface area contributed by atoms with Gasteiger partial charge in [-0.1, -0.05) is 67.0 Å². The van der Waals surface area contributed by atoms with E-state index >= 15 is 0 Å². The molecule has 5 rings (SSSR count). The number of ether oxygens (including phenoxy) is 1. The second kappa shape index (κ2) is 7.61. The number of allylic oxidation sites excluding steroid dienone is 2. The molecule has 198 valence electrons. The van der Waals surface area contributed by atoms with Gasteiger partial charge in [0.1, 0.15) is 6.10 Å². The first-order chi connectivity index (χ1) is 16.0. The SMILES string of the molecule is CC(=O)O[C@H]1CC[C@]2(C)[C@H]3CC=C4[C@@H]5CC(C)(C)CC[C@]5(C)CC[C@@]4(C)[C@]3(C)[C@H](O)C[C@H]2C1(C)C. The van der Waals surface area contributed by atoms with Crippen LogP contribution in [0.15, 0.2) is 11.6 Å². The minimum absolute atomic E-state index is 0.0534. The Morgan fingerprint density at radius 2 is 1.60 bits per heavy atom. The number of carbonyl (C=O) groups is 1. The summed E-state index contributed by atoms with van der Waals surface area (Å²) in [5, 5.41) is 12.1. The van der Waals surface area contributed by atoms with E-state index < -0.39 is 0 Å². The highest BCUT2D eigenvalue weighted by molar-refractivity contribution is 5.66. The highest BCUT2D eigenvalue weighted by atomic mass is 16.5. The van der Waals surface area contributed by atoms with E-state index in [1.165, 1.54) is 39.0 Å². The number of rotatable bonds is 1. The molecule has 0 spiro atoms. The summed E-state index contributed by atoms with van der Waals surface area (Å²) in [5.74, 6) is 1.28. The van der Waals surface area contributed by atoms with Crippen molar-refractivity contribution in [2.75, 3.05) is 0 Å². The first-order valence-corrected chi connectivity index (χ1v) is 14.6. The van der Waals surface area contributed by atoms with Crippen LogP contribution in [0.4, 0.5) is 0 Å². The van der Waals surface area contributed by atoms with Crippen molar-refractivity contribution in [1.29, 1.82) is 0 Å². The Morgan fingerprint density at radius 3 is 2.26 bits per heavy atom. The van der Waals surface area contributed by atoms with Crippen LogP contribution in [0.1, 0.15) is 120 Å². The number of fused-ring (bicyclic) bond motifs is 7. The quantitative estimate of drug-likeness (QED) is 0.306. The van der Waals surface area contributed by atoms with Gasteiger partial charge in [-0.3, -0.25) is 4.79 Å². The minimum atomic E-state index is -0.324. The Kier molecular flexibility index (Phi) is 5.61. The molecule has 0 aromatic carbocycles. The van der Waals surface area contributed by atoms with E-state index in [0.717, 1.165) is 25.7 Å². The topological polar surface area (TPSA) is 46.5 Å². The smallest absolute Gasteiger partial charge is 0.302 e. The fourth-order valence-corrected chi connectivity index (χ4v) is 10.9. The highest BCUT2D eigenvalue weighted by Crippen LogP contribution is 2.75. The Labute approximate surface area is 214 Å². The average Bonchev–Trinajstić information content (AvgIpc) is 2.74. The lowest BCUT2D eigenvalue weighted by Crippen LogP contribution is -2.69. The summed E-state index contributed by atoms with van der Waals surface area (Å²) in [6.07, 6.45) is 12.7. The molecule has 0 radical (unpaired) electrons. The summed E-state index contributed by atoms with van der Waals surface area (Å²) < 4.78 is 5.86. The molecule has 5 aliphatic rings. The van der Waals surface area contributed by atoms with Crippen LogP contribution >= 0.6 is 0 Å². The van der Waals surface area contributed by atoms with Crippen LogP contribution in [0.5, 0.6) is 0 Å². The maximum atomic E-state index is 12.1. The van der Waals surface area contributed by atoms with Crippen molar-refractivity contribution in [2.45, 2.75) is 132 Å². The zero-order chi connectivity index (χ0) is 25.8.